The Balaban J connectivity index is 1.44. The number of para-hydroxylation sites is 1. The number of ether oxygens (including phenoxy) is 2. The molecule has 1 N–H and O–H groups in total. The van der Waals surface area contributed by atoms with Crippen molar-refractivity contribution >= 4 is 22.7 Å². The Morgan fingerprint density at radius 1 is 1.11 bits per heavy atom. The fourth-order valence-corrected chi connectivity index (χ4v) is 4.88. The lowest BCUT2D eigenvalue weighted by atomic mass is 9.95. The predicted molar refractivity (Wildman–Crippen MR) is 139 cm³/mol. The van der Waals surface area contributed by atoms with E-state index in [9.17, 15) is 14.7 Å². The number of aliphatic hydroxyl groups is 1. The quantitative estimate of drug-likeness (QED) is 0.326. The van der Waals surface area contributed by atoms with Gasteiger partial charge in [0.1, 0.15) is 17.9 Å². The zero-order chi connectivity index (χ0) is 25.8. The lowest BCUT2D eigenvalue weighted by Crippen LogP contribution is -2.39. The Morgan fingerprint density at radius 2 is 1.86 bits per heavy atom. The molecule has 8 heteroatoms. The highest BCUT2D eigenvalue weighted by Gasteiger charge is 2.44. The Morgan fingerprint density at radius 3 is 2.59 bits per heavy atom. The number of hydrogen-bond acceptors (Lipinski definition) is 7. The number of carbonyl (C=O) groups is 2. The van der Waals surface area contributed by atoms with E-state index in [0.717, 1.165) is 25.0 Å². The fourth-order valence-electron chi connectivity index (χ4n) is 4.88. The monoisotopic (exact) mass is 502 g/mol. The van der Waals surface area contributed by atoms with Crippen molar-refractivity contribution in [1.29, 1.82) is 0 Å². The summed E-state index contributed by atoms with van der Waals surface area (Å²) in [5, 5.41) is 11.7. The van der Waals surface area contributed by atoms with Crippen LogP contribution in [0.15, 0.2) is 83.0 Å². The van der Waals surface area contributed by atoms with Crippen LogP contribution in [0.3, 0.4) is 0 Å². The van der Waals surface area contributed by atoms with Crippen molar-refractivity contribution in [2.75, 3.05) is 46.0 Å². The molecule has 8 nitrogen and oxygen atoms in total. The number of morpholine rings is 1. The maximum Gasteiger partial charge on any atom is 0.290 e. The largest absolute Gasteiger partial charge is 0.503 e. The van der Waals surface area contributed by atoms with Gasteiger partial charge in [0.25, 0.3) is 5.91 Å². The number of hydrogen-bond donors (Lipinski definition) is 1. The number of aliphatic hydroxyl groups excluding tert-OH is 1. The van der Waals surface area contributed by atoms with E-state index in [1.807, 2.05) is 30.3 Å². The maximum absolute atomic E-state index is 13.7. The third-order valence-electron chi connectivity index (χ3n) is 6.74. The number of Topliss-reactive ketones (excluding diaryl/α,β-unsaturated/α-hetero) is 1. The van der Waals surface area contributed by atoms with Gasteiger partial charge in [0, 0.05) is 31.6 Å². The Labute approximate surface area is 215 Å². The van der Waals surface area contributed by atoms with Gasteiger partial charge in [-0.25, -0.2) is 0 Å². The Kier molecular flexibility index (Phi) is 7.39. The molecule has 1 unspecified atom stereocenters. The van der Waals surface area contributed by atoms with Crippen LogP contribution in [0.25, 0.3) is 11.0 Å². The van der Waals surface area contributed by atoms with Crippen LogP contribution in [0.1, 0.15) is 28.6 Å². The summed E-state index contributed by atoms with van der Waals surface area (Å²) in [6, 6.07) is 15.4. The number of carbonyl (C=O) groups excluding carboxylic acids is 2. The molecule has 2 aromatic carbocycles. The molecule has 2 aliphatic rings. The first-order valence-electron chi connectivity index (χ1n) is 12.5. The van der Waals surface area contributed by atoms with E-state index >= 15 is 0 Å². The minimum Gasteiger partial charge on any atom is -0.503 e. The highest BCUT2D eigenvalue weighted by molar-refractivity contribution is 6.16. The van der Waals surface area contributed by atoms with E-state index in [4.69, 9.17) is 13.9 Å². The first kappa shape index (κ1) is 24.8. The van der Waals surface area contributed by atoms with Crippen LogP contribution in [-0.2, 0) is 9.53 Å². The molecule has 0 spiro atoms. The molecule has 3 aromatic rings. The van der Waals surface area contributed by atoms with Crippen molar-refractivity contribution in [3.05, 3.63) is 89.9 Å². The third-order valence-corrected chi connectivity index (χ3v) is 6.74. The molecule has 2 aliphatic heterocycles. The number of fused-ring (bicyclic) bond motifs is 1. The van der Waals surface area contributed by atoms with Crippen LogP contribution in [0.5, 0.6) is 5.75 Å². The molecule has 192 valence electrons. The van der Waals surface area contributed by atoms with E-state index in [1.54, 1.807) is 35.2 Å². The number of benzene rings is 2. The lowest BCUT2D eigenvalue weighted by Gasteiger charge is -2.30. The maximum atomic E-state index is 13.7. The van der Waals surface area contributed by atoms with Crippen LogP contribution >= 0.6 is 0 Å². The smallest absolute Gasteiger partial charge is 0.290 e. The Hall–Kier alpha value is -3.88. The van der Waals surface area contributed by atoms with Crippen LogP contribution < -0.4 is 4.74 Å². The molecule has 0 aliphatic carbocycles. The number of rotatable bonds is 10. The topological polar surface area (TPSA) is 92.5 Å². The predicted octanol–water partition coefficient (Wildman–Crippen LogP) is 4.30. The summed E-state index contributed by atoms with van der Waals surface area (Å²) in [5.74, 6) is -0.867. The number of ketones is 1. The van der Waals surface area contributed by atoms with Gasteiger partial charge in [0.2, 0.25) is 5.78 Å². The second kappa shape index (κ2) is 11.0. The first-order chi connectivity index (χ1) is 18.1. The van der Waals surface area contributed by atoms with E-state index < -0.39 is 23.5 Å². The third kappa shape index (κ3) is 5.16. The average Bonchev–Trinajstić information content (AvgIpc) is 3.47. The summed E-state index contributed by atoms with van der Waals surface area (Å²) < 4.78 is 16.8. The van der Waals surface area contributed by atoms with Gasteiger partial charge in [-0.2, -0.15) is 0 Å². The van der Waals surface area contributed by atoms with Gasteiger partial charge in [-0.1, -0.05) is 43.0 Å². The zero-order valence-electron chi connectivity index (χ0n) is 20.6. The molecular formula is C29H30N2O6. The van der Waals surface area contributed by atoms with Gasteiger partial charge in [-0.15, -0.1) is 0 Å². The van der Waals surface area contributed by atoms with Gasteiger partial charge < -0.3 is 23.9 Å². The molecule has 1 saturated heterocycles. The molecule has 0 radical (unpaired) electrons. The first-order valence-corrected chi connectivity index (χ1v) is 12.5. The SMILES string of the molecule is C=CCOc1ccc(C2C(C(=O)c3cc4ccccc4o3)=C(O)C(=O)N2CCCN2CCOCC2)cc1. The highest BCUT2D eigenvalue weighted by atomic mass is 16.5. The number of nitrogens with zero attached hydrogens (tertiary/aromatic N) is 2. The molecule has 5 rings (SSSR count). The van der Waals surface area contributed by atoms with Crippen LogP contribution in [0.2, 0.25) is 0 Å². The number of amides is 1. The average molecular weight is 503 g/mol. The van der Waals surface area contributed by atoms with E-state index in [-0.39, 0.29) is 11.3 Å². The van der Waals surface area contributed by atoms with Crippen LogP contribution in [0, 0.1) is 0 Å². The van der Waals surface area contributed by atoms with Crippen molar-refractivity contribution in [3.63, 3.8) is 0 Å². The summed E-state index contributed by atoms with van der Waals surface area (Å²) in [6.45, 7) is 8.30. The van der Waals surface area contributed by atoms with Crippen molar-refractivity contribution in [2.45, 2.75) is 12.5 Å². The van der Waals surface area contributed by atoms with Gasteiger partial charge in [-0.3, -0.25) is 14.5 Å². The molecule has 3 heterocycles. The van der Waals surface area contributed by atoms with Crippen molar-refractivity contribution < 1.29 is 28.6 Å². The zero-order valence-corrected chi connectivity index (χ0v) is 20.6. The van der Waals surface area contributed by atoms with Crippen LogP contribution in [0.4, 0.5) is 0 Å². The molecular weight excluding hydrogens is 472 g/mol. The summed E-state index contributed by atoms with van der Waals surface area (Å²) in [5.41, 5.74) is 1.29. The molecule has 1 atom stereocenters. The normalized spacial score (nSPS) is 18.5. The second-order valence-corrected chi connectivity index (χ2v) is 9.12. The van der Waals surface area contributed by atoms with Gasteiger partial charge in [-0.05, 0) is 36.2 Å². The molecule has 1 aromatic heterocycles. The standard InChI is InChI=1S/C29H30N2O6/c1-2-16-36-22-10-8-20(9-11-22)26-25(27(32)24-19-21-6-3-4-7-23(21)37-24)28(33)29(34)31(26)13-5-12-30-14-17-35-18-15-30/h2-4,6-11,19,26,33H,1,5,12-18H2. The van der Waals surface area contributed by atoms with Crippen molar-refractivity contribution in [2.24, 2.45) is 0 Å². The van der Waals surface area contributed by atoms with Crippen molar-refractivity contribution in [1.82, 2.24) is 9.80 Å². The van der Waals surface area contributed by atoms with Crippen LogP contribution in [-0.4, -0.2) is 72.6 Å². The Bertz CT molecular complexity index is 1290. The minimum atomic E-state index is -0.744. The summed E-state index contributed by atoms with van der Waals surface area (Å²) in [4.78, 5) is 30.8. The second-order valence-electron chi connectivity index (χ2n) is 9.12. The highest BCUT2D eigenvalue weighted by Crippen LogP contribution is 2.40. The molecule has 1 fully saturated rings. The lowest BCUT2D eigenvalue weighted by molar-refractivity contribution is -0.129. The van der Waals surface area contributed by atoms with Gasteiger partial charge >= 0.3 is 0 Å². The van der Waals surface area contributed by atoms with Gasteiger partial charge in [0.05, 0.1) is 24.8 Å². The molecule has 0 bridgehead atoms. The molecule has 0 saturated carbocycles. The summed E-state index contributed by atoms with van der Waals surface area (Å²) in [6.07, 6.45) is 2.35. The van der Waals surface area contributed by atoms with Gasteiger partial charge in [0.15, 0.2) is 11.5 Å². The van der Waals surface area contributed by atoms with Crippen molar-refractivity contribution in [3.8, 4) is 5.75 Å². The van der Waals surface area contributed by atoms with E-state index in [2.05, 4.69) is 11.5 Å². The molecule has 37 heavy (non-hydrogen) atoms. The fraction of sp³-hybridized carbons (Fsp3) is 0.310. The number of furan rings is 1. The molecule has 1 amide bonds. The summed E-state index contributed by atoms with van der Waals surface area (Å²) >= 11 is 0. The van der Waals surface area contributed by atoms with E-state index in [1.165, 1.54) is 0 Å². The summed E-state index contributed by atoms with van der Waals surface area (Å²) in [7, 11) is 0. The van der Waals surface area contributed by atoms with E-state index in [0.29, 0.717) is 49.7 Å². The minimum absolute atomic E-state index is 0.0233.